The maximum absolute atomic E-state index is 14.9. The van der Waals surface area contributed by atoms with Gasteiger partial charge in [0.1, 0.15) is 17.7 Å². The first-order valence-electron chi connectivity index (χ1n) is 14.4. The number of nitrogens with zero attached hydrogens (tertiary/aromatic N) is 1. The number of ether oxygens (including phenoxy) is 3. The van der Waals surface area contributed by atoms with E-state index in [2.05, 4.69) is 29.6 Å². The molecule has 0 spiro atoms. The molecule has 0 unspecified atom stereocenters. The summed E-state index contributed by atoms with van der Waals surface area (Å²) in [4.78, 5) is 26.4. The lowest BCUT2D eigenvalue weighted by molar-refractivity contribution is -0.145. The average molecular weight is 573 g/mol. The van der Waals surface area contributed by atoms with Gasteiger partial charge in [0.25, 0.3) is 0 Å². The van der Waals surface area contributed by atoms with Gasteiger partial charge in [0.05, 0.1) is 13.7 Å². The molecule has 2 atom stereocenters. The minimum absolute atomic E-state index is 0.0149. The Bertz CT molecular complexity index is 1220. The maximum atomic E-state index is 14.9. The fourth-order valence-corrected chi connectivity index (χ4v) is 6.06. The van der Waals surface area contributed by atoms with E-state index in [1.54, 1.807) is 26.8 Å². The van der Waals surface area contributed by atoms with Crippen LogP contribution in [0.2, 0.25) is 0 Å². The second-order valence-electron chi connectivity index (χ2n) is 12.2. The molecule has 9 heteroatoms. The van der Waals surface area contributed by atoms with Gasteiger partial charge in [-0.05, 0) is 101 Å². The van der Waals surface area contributed by atoms with Gasteiger partial charge in [-0.2, -0.15) is 4.39 Å². The number of amides is 1. The molecule has 4 rings (SSSR count). The zero-order valence-electron chi connectivity index (χ0n) is 24.7. The molecule has 1 heterocycles. The summed E-state index contributed by atoms with van der Waals surface area (Å²) in [6, 6.07) is 10.4. The summed E-state index contributed by atoms with van der Waals surface area (Å²) in [5, 5.41) is 3.25. The van der Waals surface area contributed by atoms with Crippen molar-refractivity contribution in [1.82, 2.24) is 10.2 Å². The van der Waals surface area contributed by atoms with Gasteiger partial charge in [-0.15, -0.1) is 0 Å². The molecule has 0 radical (unpaired) electrons. The van der Waals surface area contributed by atoms with Crippen LogP contribution < -0.4 is 10.1 Å². The summed E-state index contributed by atoms with van der Waals surface area (Å²) >= 11 is 0. The van der Waals surface area contributed by atoms with Crippen molar-refractivity contribution >= 4 is 12.1 Å². The van der Waals surface area contributed by atoms with Crippen molar-refractivity contribution in [3.05, 3.63) is 64.7 Å². The van der Waals surface area contributed by atoms with E-state index in [1.165, 1.54) is 29.2 Å². The van der Waals surface area contributed by atoms with E-state index >= 15 is 0 Å². The first-order valence-corrected chi connectivity index (χ1v) is 14.4. The molecule has 1 saturated heterocycles. The second-order valence-corrected chi connectivity index (χ2v) is 12.2. The fraction of sp³-hybridized carbons (Fsp3) is 0.562. The van der Waals surface area contributed by atoms with Gasteiger partial charge in [0.15, 0.2) is 11.6 Å². The number of carbonyl (C=O) groups is 2. The summed E-state index contributed by atoms with van der Waals surface area (Å²) in [6.45, 7) is 5.99. The van der Waals surface area contributed by atoms with Gasteiger partial charge < -0.3 is 19.5 Å². The van der Waals surface area contributed by atoms with Gasteiger partial charge >= 0.3 is 12.1 Å². The van der Waals surface area contributed by atoms with E-state index in [0.29, 0.717) is 23.8 Å². The highest BCUT2D eigenvalue weighted by Crippen LogP contribution is 2.39. The quantitative estimate of drug-likeness (QED) is 0.384. The van der Waals surface area contributed by atoms with Crippen LogP contribution in [0, 0.1) is 17.6 Å². The standard InChI is InChI=1S/C32H42F2N2O5/c1-32(2,3)41-31(38)36-19-24(17-27(36)30(37)39-5)40-28-16-21(15-26(33)29(28)34)14-20-10-12-22(13-11-20)25-9-7-6-8-23(25)18-35-4/h6-9,15-16,20,22,24,27,35H,10-14,17-19H2,1-5H3/t20?,22?,24-,27-/m0/s1. The molecule has 1 N–H and O–H groups in total. The number of benzene rings is 2. The van der Waals surface area contributed by atoms with E-state index in [-0.39, 0.29) is 18.7 Å². The molecule has 7 nitrogen and oxygen atoms in total. The lowest BCUT2D eigenvalue weighted by Gasteiger charge is -2.30. The summed E-state index contributed by atoms with van der Waals surface area (Å²) < 4.78 is 45.7. The van der Waals surface area contributed by atoms with Crippen LogP contribution in [0.4, 0.5) is 13.6 Å². The van der Waals surface area contributed by atoms with Crippen molar-refractivity contribution in [2.24, 2.45) is 5.92 Å². The summed E-state index contributed by atoms with van der Waals surface area (Å²) in [6.07, 6.45) is 3.39. The van der Waals surface area contributed by atoms with Crippen LogP contribution >= 0.6 is 0 Å². The van der Waals surface area contributed by atoms with Crippen LogP contribution in [0.15, 0.2) is 36.4 Å². The lowest BCUT2D eigenvalue weighted by atomic mass is 9.75. The van der Waals surface area contributed by atoms with Crippen LogP contribution in [0.25, 0.3) is 0 Å². The van der Waals surface area contributed by atoms with Crippen LogP contribution in [0.3, 0.4) is 0 Å². The van der Waals surface area contributed by atoms with Crippen molar-refractivity contribution in [2.75, 3.05) is 20.7 Å². The Hall–Kier alpha value is -3.20. The first kappa shape index (κ1) is 30.8. The van der Waals surface area contributed by atoms with Gasteiger partial charge in [0, 0.05) is 13.0 Å². The Kier molecular flexibility index (Phi) is 9.89. The Labute approximate surface area is 241 Å². The Balaban J connectivity index is 1.42. The first-order chi connectivity index (χ1) is 19.5. The number of likely N-dealkylation sites (tertiary alicyclic amines) is 1. The minimum atomic E-state index is -1.08. The zero-order chi connectivity index (χ0) is 29.7. The van der Waals surface area contributed by atoms with Crippen molar-refractivity contribution < 1.29 is 32.6 Å². The lowest BCUT2D eigenvalue weighted by Crippen LogP contribution is -2.44. The third kappa shape index (κ3) is 7.76. The van der Waals surface area contributed by atoms with E-state index in [1.807, 2.05) is 7.05 Å². The van der Waals surface area contributed by atoms with E-state index in [0.717, 1.165) is 32.2 Å². The normalized spacial score (nSPS) is 22.9. The minimum Gasteiger partial charge on any atom is -0.485 e. The number of halogens is 2. The third-order valence-corrected chi connectivity index (χ3v) is 7.95. The molecule has 2 aliphatic rings. The average Bonchev–Trinajstić information content (AvgIpc) is 3.35. The molecule has 1 saturated carbocycles. The number of carbonyl (C=O) groups excluding carboxylic acids is 2. The number of rotatable bonds is 8. The van der Waals surface area contributed by atoms with Gasteiger partial charge in [-0.3, -0.25) is 4.90 Å². The molecule has 2 aromatic rings. The molecule has 2 aromatic carbocycles. The molecule has 0 aromatic heterocycles. The smallest absolute Gasteiger partial charge is 0.411 e. The number of nitrogens with one attached hydrogen (secondary N) is 1. The summed E-state index contributed by atoms with van der Waals surface area (Å²) in [7, 11) is 3.19. The van der Waals surface area contributed by atoms with Crippen molar-refractivity contribution in [2.45, 2.75) is 89.5 Å². The third-order valence-electron chi connectivity index (χ3n) is 7.95. The number of methoxy groups -OCH3 is 1. The van der Waals surface area contributed by atoms with Crippen molar-refractivity contribution in [1.29, 1.82) is 0 Å². The van der Waals surface area contributed by atoms with Gasteiger partial charge in [-0.25, -0.2) is 14.0 Å². The molecular formula is C32H42F2N2O5. The molecular weight excluding hydrogens is 530 g/mol. The molecule has 0 bridgehead atoms. The highest BCUT2D eigenvalue weighted by molar-refractivity contribution is 5.82. The Morgan fingerprint density at radius 1 is 1.07 bits per heavy atom. The van der Waals surface area contributed by atoms with Crippen LogP contribution in [0.1, 0.15) is 75.5 Å². The Morgan fingerprint density at radius 3 is 2.44 bits per heavy atom. The number of esters is 1. The van der Waals surface area contributed by atoms with E-state index in [4.69, 9.17) is 14.2 Å². The van der Waals surface area contributed by atoms with E-state index < -0.39 is 41.4 Å². The maximum Gasteiger partial charge on any atom is 0.411 e. The molecule has 41 heavy (non-hydrogen) atoms. The summed E-state index contributed by atoms with van der Waals surface area (Å²) in [5.41, 5.74) is 2.62. The van der Waals surface area contributed by atoms with Crippen LogP contribution in [0.5, 0.6) is 5.75 Å². The van der Waals surface area contributed by atoms with Crippen LogP contribution in [-0.4, -0.2) is 55.4 Å². The molecule has 1 aliphatic heterocycles. The van der Waals surface area contributed by atoms with Crippen molar-refractivity contribution in [3.63, 3.8) is 0 Å². The fourth-order valence-electron chi connectivity index (χ4n) is 6.06. The second kappa shape index (κ2) is 13.2. The van der Waals surface area contributed by atoms with Gasteiger partial charge in [0.2, 0.25) is 5.82 Å². The van der Waals surface area contributed by atoms with Crippen molar-refractivity contribution in [3.8, 4) is 5.75 Å². The Morgan fingerprint density at radius 2 is 1.78 bits per heavy atom. The highest BCUT2D eigenvalue weighted by atomic mass is 19.2. The predicted octanol–water partition coefficient (Wildman–Crippen LogP) is 6.13. The molecule has 1 aliphatic carbocycles. The largest absolute Gasteiger partial charge is 0.485 e. The number of hydrogen-bond acceptors (Lipinski definition) is 6. The summed E-state index contributed by atoms with van der Waals surface area (Å²) in [5.74, 6) is -2.03. The predicted molar refractivity (Wildman–Crippen MR) is 152 cm³/mol. The van der Waals surface area contributed by atoms with Crippen LogP contribution in [-0.2, 0) is 27.2 Å². The van der Waals surface area contributed by atoms with Gasteiger partial charge in [-0.1, -0.05) is 24.3 Å². The molecule has 1 amide bonds. The highest BCUT2D eigenvalue weighted by Gasteiger charge is 2.43. The van der Waals surface area contributed by atoms with E-state index in [9.17, 15) is 18.4 Å². The number of hydrogen-bond donors (Lipinski definition) is 1. The monoisotopic (exact) mass is 572 g/mol. The molecule has 224 valence electrons. The molecule has 2 fully saturated rings. The SMILES string of the molecule is CNCc1ccccc1C1CCC(Cc2cc(F)c(F)c(O[C@H]3C[C@@H](C(=O)OC)N(C(=O)OC(C)(C)C)C3)c2)CC1. The topological polar surface area (TPSA) is 77.1 Å². The zero-order valence-corrected chi connectivity index (χ0v) is 24.7.